The Morgan fingerprint density at radius 1 is 1.21 bits per heavy atom. The van der Waals surface area contributed by atoms with Crippen molar-refractivity contribution in [3.8, 4) is 0 Å². The second-order valence-corrected chi connectivity index (χ2v) is 5.16. The number of aromatic carboxylic acids is 1. The SMILES string of the molecule is O=C(O)c1ccc(CN2CCCCCC2CO)cc1. The van der Waals surface area contributed by atoms with Crippen molar-refractivity contribution in [1.29, 1.82) is 0 Å². The van der Waals surface area contributed by atoms with Crippen LogP contribution in [0.5, 0.6) is 0 Å². The molecule has 1 aliphatic heterocycles. The summed E-state index contributed by atoms with van der Waals surface area (Å²) in [7, 11) is 0. The Balaban J connectivity index is 2.03. The van der Waals surface area contributed by atoms with Crippen molar-refractivity contribution in [3.63, 3.8) is 0 Å². The zero-order chi connectivity index (χ0) is 13.7. The molecule has 0 saturated carbocycles. The molecule has 19 heavy (non-hydrogen) atoms. The number of nitrogens with zero attached hydrogens (tertiary/aromatic N) is 1. The van der Waals surface area contributed by atoms with Crippen LogP contribution in [0.4, 0.5) is 0 Å². The van der Waals surface area contributed by atoms with Gasteiger partial charge < -0.3 is 10.2 Å². The highest BCUT2D eigenvalue weighted by Crippen LogP contribution is 2.19. The van der Waals surface area contributed by atoms with Gasteiger partial charge >= 0.3 is 5.97 Å². The molecule has 0 amide bonds. The summed E-state index contributed by atoms with van der Waals surface area (Å²) < 4.78 is 0. The van der Waals surface area contributed by atoms with Crippen LogP contribution in [0.1, 0.15) is 41.6 Å². The number of likely N-dealkylation sites (tertiary alicyclic amines) is 1. The fourth-order valence-electron chi connectivity index (χ4n) is 2.64. The van der Waals surface area contributed by atoms with Crippen LogP contribution >= 0.6 is 0 Å². The largest absolute Gasteiger partial charge is 0.478 e. The van der Waals surface area contributed by atoms with Crippen molar-refractivity contribution < 1.29 is 15.0 Å². The van der Waals surface area contributed by atoms with Crippen molar-refractivity contribution in [2.24, 2.45) is 0 Å². The first kappa shape index (κ1) is 14.0. The number of hydrogen-bond donors (Lipinski definition) is 2. The summed E-state index contributed by atoms with van der Waals surface area (Å²) in [5.41, 5.74) is 1.42. The molecule has 2 N–H and O–H groups in total. The number of aliphatic hydroxyl groups excluding tert-OH is 1. The van der Waals surface area contributed by atoms with E-state index in [4.69, 9.17) is 5.11 Å². The molecule has 0 spiro atoms. The summed E-state index contributed by atoms with van der Waals surface area (Å²) in [6.45, 7) is 1.99. The second kappa shape index (κ2) is 6.68. The Morgan fingerprint density at radius 2 is 1.95 bits per heavy atom. The van der Waals surface area contributed by atoms with Gasteiger partial charge in [-0.25, -0.2) is 4.79 Å². The molecule has 1 fully saturated rings. The van der Waals surface area contributed by atoms with Crippen LogP contribution in [0.2, 0.25) is 0 Å². The standard InChI is InChI=1S/C15H21NO3/c17-11-14-4-2-1-3-9-16(14)10-12-5-7-13(8-6-12)15(18)19/h5-8,14,17H,1-4,9-11H2,(H,18,19). The van der Waals surface area contributed by atoms with Crippen LogP contribution in [0.25, 0.3) is 0 Å². The lowest BCUT2D eigenvalue weighted by Crippen LogP contribution is -2.36. The van der Waals surface area contributed by atoms with Gasteiger partial charge in [0.1, 0.15) is 0 Å². The van der Waals surface area contributed by atoms with Crippen LogP contribution in [0.3, 0.4) is 0 Å². The summed E-state index contributed by atoms with van der Waals surface area (Å²) in [6.07, 6.45) is 4.62. The minimum atomic E-state index is -0.894. The van der Waals surface area contributed by atoms with Gasteiger partial charge in [-0.15, -0.1) is 0 Å². The molecule has 4 nitrogen and oxygen atoms in total. The van der Waals surface area contributed by atoms with E-state index < -0.39 is 5.97 Å². The Labute approximate surface area is 113 Å². The van der Waals surface area contributed by atoms with E-state index in [2.05, 4.69) is 4.90 Å². The van der Waals surface area contributed by atoms with E-state index >= 15 is 0 Å². The molecule has 1 saturated heterocycles. The van der Waals surface area contributed by atoms with Crippen LogP contribution in [-0.2, 0) is 6.54 Å². The van der Waals surface area contributed by atoms with E-state index in [0.717, 1.165) is 25.1 Å². The third-order valence-corrected chi connectivity index (χ3v) is 3.80. The molecular formula is C15H21NO3. The Morgan fingerprint density at radius 3 is 2.58 bits per heavy atom. The number of carboxylic acid groups (broad SMARTS) is 1. The molecule has 0 aliphatic carbocycles. The van der Waals surface area contributed by atoms with Gasteiger partial charge in [-0.05, 0) is 37.1 Å². The van der Waals surface area contributed by atoms with Crippen molar-refractivity contribution in [2.75, 3.05) is 13.2 Å². The van der Waals surface area contributed by atoms with Crippen LogP contribution in [0, 0.1) is 0 Å². The monoisotopic (exact) mass is 263 g/mol. The fourth-order valence-corrected chi connectivity index (χ4v) is 2.64. The van der Waals surface area contributed by atoms with Crippen molar-refractivity contribution in [3.05, 3.63) is 35.4 Å². The predicted molar refractivity (Wildman–Crippen MR) is 73.2 cm³/mol. The quantitative estimate of drug-likeness (QED) is 0.873. The number of carbonyl (C=O) groups is 1. The van der Waals surface area contributed by atoms with Gasteiger partial charge in [0.25, 0.3) is 0 Å². The highest BCUT2D eigenvalue weighted by Gasteiger charge is 2.20. The number of carboxylic acids is 1. The Kier molecular flexibility index (Phi) is 4.93. The lowest BCUT2D eigenvalue weighted by molar-refractivity contribution is 0.0697. The summed E-state index contributed by atoms with van der Waals surface area (Å²) in [5.74, 6) is -0.894. The molecule has 1 aromatic rings. The maximum absolute atomic E-state index is 10.8. The first-order valence-corrected chi connectivity index (χ1v) is 6.88. The van der Waals surface area contributed by atoms with E-state index in [1.54, 1.807) is 12.1 Å². The molecule has 1 aromatic carbocycles. The van der Waals surface area contributed by atoms with Crippen LogP contribution in [-0.4, -0.2) is 40.3 Å². The molecule has 104 valence electrons. The van der Waals surface area contributed by atoms with Crippen LogP contribution < -0.4 is 0 Å². The zero-order valence-electron chi connectivity index (χ0n) is 11.1. The number of benzene rings is 1. The highest BCUT2D eigenvalue weighted by molar-refractivity contribution is 5.87. The first-order chi connectivity index (χ1) is 9.20. The van der Waals surface area contributed by atoms with E-state index in [1.165, 1.54) is 19.3 Å². The van der Waals surface area contributed by atoms with Crippen molar-refractivity contribution >= 4 is 5.97 Å². The lowest BCUT2D eigenvalue weighted by atomic mass is 10.1. The first-order valence-electron chi connectivity index (χ1n) is 6.88. The van der Waals surface area contributed by atoms with E-state index in [1.807, 2.05) is 12.1 Å². The normalized spacial score (nSPS) is 21.0. The maximum atomic E-state index is 10.8. The van der Waals surface area contributed by atoms with Crippen molar-refractivity contribution in [1.82, 2.24) is 4.90 Å². The van der Waals surface area contributed by atoms with Gasteiger partial charge in [0.05, 0.1) is 12.2 Å². The van der Waals surface area contributed by atoms with Gasteiger partial charge in [-0.1, -0.05) is 25.0 Å². The average Bonchev–Trinajstić information content (AvgIpc) is 2.64. The molecule has 0 bridgehead atoms. The summed E-state index contributed by atoms with van der Waals surface area (Å²) in [4.78, 5) is 13.1. The van der Waals surface area contributed by atoms with E-state index in [0.29, 0.717) is 5.56 Å². The van der Waals surface area contributed by atoms with Gasteiger partial charge in [0.2, 0.25) is 0 Å². The number of aliphatic hydroxyl groups is 1. The third kappa shape index (κ3) is 3.78. The van der Waals surface area contributed by atoms with Gasteiger partial charge in [0, 0.05) is 12.6 Å². The van der Waals surface area contributed by atoms with Crippen molar-refractivity contribution in [2.45, 2.75) is 38.3 Å². The second-order valence-electron chi connectivity index (χ2n) is 5.16. The molecule has 0 radical (unpaired) electrons. The Hall–Kier alpha value is -1.39. The molecule has 1 atom stereocenters. The highest BCUT2D eigenvalue weighted by atomic mass is 16.4. The fraction of sp³-hybridized carbons (Fsp3) is 0.533. The van der Waals surface area contributed by atoms with E-state index in [-0.39, 0.29) is 12.6 Å². The van der Waals surface area contributed by atoms with E-state index in [9.17, 15) is 9.90 Å². The summed E-state index contributed by atoms with van der Waals surface area (Å²) in [5, 5.41) is 18.3. The van der Waals surface area contributed by atoms with Gasteiger partial charge in [-0.3, -0.25) is 4.90 Å². The maximum Gasteiger partial charge on any atom is 0.335 e. The molecule has 4 heteroatoms. The molecule has 2 rings (SSSR count). The molecule has 1 aliphatic rings. The molecule has 1 heterocycles. The topological polar surface area (TPSA) is 60.8 Å². The number of rotatable bonds is 4. The van der Waals surface area contributed by atoms with Crippen LogP contribution in [0.15, 0.2) is 24.3 Å². The molecule has 0 aromatic heterocycles. The van der Waals surface area contributed by atoms with Gasteiger partial charge in [-0.2, -0.15) is 0 Å². The molecular weight excluding hydrogens is 242 g/mol. The smallest absolute Gasteiger partial charge is 0.335 e. The summed E-state index contributed by atoms with van der Waals surface area (Å²) >= 11 is 0. The minimum Gasteiger partial charge on any atom is -0.478 e. The Bertz CT molecular complexity index is 416. The average molecular weight is 263 g/mol. The third-order valence-electron chi connectivity index (χ3n) is 3.80. The predicted octanol–water partition coefficient (Wildman–Crippen LogP) is 2.12. The zero-order valence-corrected chi connectivity index (χ0v) is 11.1. The van der Waals surface area contributed by atoms with Gasteiger partial charge in [0.15, 0.2) is 0 Å². The lowest BCUT2D eigenvalue weighted by Gasteiger charge is -2.28. The minimum absolute atomic E-state index is 0.202. The molecule has 1 unspecified atom stereocenters. The number of hydrogen-bond acceptors (Lipinski definition) is 3. The summed E-state index contributed by atoms with van der Waals surface area (Å²) in [6, 6.07) is 7.25.